The van der Waals surface area contributed by atoms with Crippen LogP contribution in [0.3, 0.4) is 0 Å². The van der Waals surface area contributed by atoms with Crippen molar-refractivity contribution in [2.45, 2.75) is 26.4 Å². The molecule has 3 nitrogen and oxygen atoms in total. The van der Waals surface area contributed by atoms with Gasteiger partial charge in [0, 0.05) is 0 Å². The zero-order valence-corrected chi connectivity index (χ0v) is 9.40. The van der Waals surface area contributed by atoms with Crippen LogP contribution in [-0.4, -0.2) is 17.7 Å². The van der Waals surface area contributed by atoms with Gasteiger partial charge in [0.1, 0.15) is 0 Å². The molecule has 0 spiro atoms. The maximum Gasteiger partial charge on any atom is 0.306 e. The first-order valence-electron chi connectivity index (χ1n) is 5.58. The van der Waals surface area contributed by atoms with Gasteiger partial charge in [0.15, 0.2) is 0 Å². The smallest absolute Gasteiger partial charge is 0.306 e. The predicted molar refractivity (Wildman–Crippen MR) is 60.3 cm³/mol. The van der Waals surface area contributed by atoms with Crippen molar-refractivity contribution in [3.05, 3.63) is 34.9 Å². The third-order valence-corrected chi connectivity index (χ3v) is 3.01. The Bertz CT molecular complexity index is 398. The Balaban J connectivity index is 2.14. The number of fused-ring (bicyclic) bond motifs is 1. The molecule has 2 rings (SSSR count). The van der Waals surface area contributed by atoms with Crippen LogP contribution in [0.15, 0.2) is 18.2 Å². The van der Waals surface area contributed by atoms with Crippen molar-refractivity contribution in [3.63, 3.8) is 0 Å². The van der Waals surface area contributed by atoms with E-state index in [1.54, 1.807) is 6.92 Å². The minimum Gasteiger partial charge on any atom is -0.481 e. The standard InChI is InChI=1S/C13H16O3/c1-9(13(14)15)6-10-2-3-12-8-16-5-4-11(12)7-10/h2-3,7,9H,4-6,8H2,1H3,(H,14,15). The molecule has 0 radical (unpaired) electrons. The summed E-state index contributed by atoms with van der Waals surface area (Å²) in [4.78, 5) is 10.8. The third-order valence-electron chi connectivity index (χ3n) is 3.01. The highest BCUT2D eigenvalue weighted by Crippen LogP contribution is 2.20. The van der Waals surface area contributed by atoms with Gasteiger partial charge in [0.05, 0.1) is 19.1 Å². The second kappa shape index (κ2) is 4.66. The molecule has 1 aromatic carbocycles. The summed E-state index contributed by atoms with van der Waals surface area (Å²) in [5.74, 6) is -1.06. The van der Waals surface area contributed by atoms with E-state index in [1.165, 1.54) is 11.1 Å². The number of aliphatic carboxylic acids is 1. The van der Waals surface area contributed by atoms with Crippen LogP contribution in [0.2, 0.25) is 0 Å². The predicted octanol–water partition coefficient (Wildman–Crippen LogP) is 2.02. The highest BCUT2D eigenvalue weighted by Gasteiger charge is 2.14. The van der Waals surface area contributed by atoms with Crippen molar-refractivity contribution in [2.75, 3.05) is 6.61 Å². The summed E-state index contributed by atoms with van der Waals surface area (Å²) in [5.41, 5.74) is 3.65. The maximum absolute atomic E-state index is 10.8. The molecule has 0 bridgehead atoms. The summed E-state index contributed by atoms with van der Waals surface area (Å²) < 4.78 is 5.36. The molecule has 1 unspecified atom stereocenters. The van der Waals surface area contributed by atoms with Gasteiger partial charge in [-0.2, -0.15) is 0 Å². The van der Waals surface area contributed by atoms with Crippen LogP contribution in [0.4, 0.5) is 0 Å². The van der Waals surface area contributed by atoms with Gasteiger partial charge in [-0.1, -0.05) is 25.1 Å². The van der Waals surface area contributed by atoms with Crippen LogP contribution < -0.4 is 0 Å². The Morgan fingerprint density at radius 2 is 2.31 bits per heavy atom. The lowest BCUT2D eigenvalue weighted by Gasteiger charge is -2.17. The fraction of sp³-hybridized carbons (Fsp3) is 0.462. The van der Waals surface area contributed by atoms with Crippen LogP contribution in [0.25, 0.3) is 0 Å². The van der Waals surface area contributed by atoms with Gasteiger partial charge in [-0.15, -0.1) is 0 Å². The van der Waals surface area contributed by atoms with E-state index < -0.39 is 5.97 Å². The van der Waals surface area contributed by atoms with Gasteiger partial charge in [-0.05, 0) is 29.5 Å². The molecule has 1 aromatic rings. The van der Waals surface area contributed by atoms with E-state index in [2.05, 4.69) is 12.1 Å². The largest absolute Gasteiger partial charge is 0.481 e. The number of rotatable bonds is 3. The number of carbonyl (C=O) groups is 1. The maximum atomic E-state index is 10.8. The molecule has 16 heavy (non-hydrogen) atoms. The lowest BCUT2D eigenvalue weighted by molar-refractivity contribution is -0.141. The molecule has 86 valence electrons. The van der Waals surface area contributed by atoms with Gasteiger partial charge in [0.25, 0.3) is 0 Å². The molecule has 1 N–H and O–H groups in total. The number of ether oxygens (including phenoxy) is 1. The highest BCUT2D eigenvalue weighted by molar-refractivity contribution is 5.69. The molecular weight excluding hydrogens is 204 g/mol. The number of carboxylic acids is 1. The molecule has 1 aliphatic heterocycles. The van der Waals surface area contributed by atoms with Crippen LogP contribution >= 0.6 is 0 Å². The Morgan fingerprint density at radius 3 is 3.06 bits per heavy atom. The Kier molecular flexibility index (Phi) is 3.25. The Morgan fingerprint density at radius 1 is 1.50 bits per heavy atom. The number of carboxylic acid groups (broad SMARTS) is 1. The number of hydrogen-bond acceptors (Lipinski definition) is 2. The van der Waals surface area contributed by atoms with Crippen LogP contribution in [0.1, 0.15) is 23.6 Å². The summed E-state index contributed by atoms with van der Waals surface area (Å²) in [6, 6.07) is 6.18. The minimum atomic E-state index is -0.735. The van der Waals surface area contributed by atoms with Crippen LogP contribution in [0.5, 0.6) is 0 Å². The molecule has 0 aromatic heterocycles. The van der Waals surface area contributed by atoms with Gasteiger partial charge < -0.3 is 9.84 Å². The van der Waals surface area contributed by atoms with Gasteiger partial charge in [0.2, 0.25) is 0 Å². The molecule has 1 aliphatic rings. The van der Waals surface area contributed by atoms with Gasteiger partial charge in [-0.25, -0.2) is 0 Å². The first-order valence-corrected chi connectivity index (χ1v) is 5.58. The second-order valence-corrected chi connectivity index (χ2v) is 4.35. The summed E-state index contributed by atoms with van der Waals surface area (Å²) >= 11 is 0. The number of hydrogen-bond donors (Lipinski definition) is 1. The van der Waals surface area contributed by atoms with E-state index in [1.807, 2.05) is 6.07 Å². The molecule has 1 heterocycles. The van der Waals surface area contributed by atoms with Crippen molar-refractivity contribution in [1.29, 1.82) is 0 Å². The van der Waals surface area contributed by atoms with Crippen molar-refractivity contribution in [2.24, 2.45) is 5.92 Å². The number of benzene rings is 1. The zero-order valence-electron chi connectivity index (χ0n) is 9.40. The average Bonchev–Trinajstić information content (AvgIpc) is 2.28. The van der Waals surface area contributed by atoms with E-state index >= 15 is 0 Å². The van der Waals surface area contributed by atoms with Crippen molar-refractivity contribution >= 4 is 5.97 Å². The lowest BCUT2D eigenvalue weighted by Crippen LogP contribution is -2.14. The first-order chi connectivity index (χ1) is 7.66. The summed E-state index contributed by atoms with van der Waals surface area (Å²) in [6.45, 7) is 3.19. The molecule has 0 saturated heterocycles. The molecule has 0 amide bonds. The lowest BCUT2D eigenvalue weighted by atomic mass is 9.95. The van der Waals surface area contributed by atoms with E-state index in [0.717, 1.165) is 18.6 Å². The molecule has 0 saturated carbocycles. The van der Waals surface area contributed by atoms with E-state index in [-0.39, 0.29) is 5.92 Å². The first kappa shape index (κ1) is 11.1. The SMILES string of the molecule is CC(Cc1ccc2c(c1)CCOC2)C(=O)O. The van der Waals surface area contributed by atoms with E-state index in [9.17, 15) is 4.79 Å². The molecule has 0 aliphatic carbocycles. The second-order valence-electron chi connectivity index (χ2n) is 4.35. The molecule has 1 atom stereocenters. The van der Waals surface area contributed by atoms with Crippen molar-refractivity contribution in [1.82, 2.24) is 0 Å². The minimum absolute atomic E-state index is 0.321. The van der Waals surface area contributed by atoms with E-state index in [4.69, 9.17) is 9.84 Å². The molecular formula is C13H16O3. The van der Waals surface area contributed by atoms with E-state index in [0.29, 0.717) is 13.0 Å². The fourth-order valence-electron chi connectivity index (χ4n) is 1.98. The van der Waals surface area contributed by atoms with Crippen LogP contribution in [0, 0.1) is 5.92 Å². The Hall–Kier alpha value is -1.35. The van der Waals surface area contributed by atoms with Crippen molar-refractivity contribution < 1.29 is 14.6 Å². The normalized spacial score (nSPS) is 16.6. The zero-order chi connectivity index (χ0) is 11.5. The summed E-state index contributed by atoms with van der Waals surface area (Å²) in [7, 11) is 0. The quantitative estimate of drug-likeness (QED) is 0.847. The monoisotopic (exact) mass is 220 g/mol. The Labute approximate surface area is 95.0 Å². The van der Waals surface area contributed by atoms with Gasteiger partial charge >= 0.3 is 5.97 Å². The third kappa shape index (κ3) is 2.42. The highest BCUT2D eigenvalue weighted by atomic mass is 16.5. The fourth-order valence-corrected chi connectivity index (χ4v) is 1.98. The van der Waals surface area contributed by atoms with Gasteiger partial charge in [-0.3, -0.25) is 4.79 Å². The molecule has 0 fully saturated rings. The van der Waals surface area contributed by atoms with Crippen LogP contribution in [-0.2, 0) is 29.0 Å². The summed E-state index contributed by atoms with van der Waals surface area (Å²) in [6.07, 6.45) is 1.54. The van der Waals surface area contributed by atoms with Crippen molar-refractivity contribution in [3.8, 4) is 0 Å². The summed E-state index contributed by atoms with van der Waals surface area (Å²) in [5, 5.41) is 8.86. The molecule has 3 heteroatoms. The average molecular weight is 220 g/mol. The topological polar surface area (TPSA) is 46.5 Å².